The third kappa shape index (κ3) is 2.27. The topological polar surface area (TPSA) is 76.0 Å². The Labute approximate surface area is 121 Å². The number of benzene rings is 2. The Balaban J connectivity index is 1.96. The molecule has 2 N–H and O–H groups in total. The van der Waals surface area contributed by atoms with Crippen LogP contribution in [0.4, 0.5) is 0 Å². The summed E-state index contributed by atoms with van der Waals surface area (Å²) in [5, 5.41) is 19.6. The number of hydrogen-bond acceptors (Lipinski definition) is 5. The summed E-state index contributed by atoms with van der Waals surface area (Å²) in [5.41, 5.74) is 1.62. The quantitative estimate of drug-likeness (QED) is 0.830. The fraction of sp³-hybridized carbons (Fsp3) is 0.188. The first-order chi connectivity index (χ1) is 10.1. The van der Waals surface area contributed by atoms with E-state index in [1.807, 2.05) is 0 Å². The molecule has 2 aromatic rings. The number of ether oxygens (including phenoxy) is 2. The smallest absolute Gasteiger partial charge is 0.342 e. The Bertz CT molecular complexity index is 708. The van der Waals surface area contributed by atoms with Crippen LogP contribution >= 0.6 is 0 Å². The van der Waals surface area contributed by atoms with Crippen LogP contribution in [0.2, 0.25) is 0 Å². The van der Waals surface area contributed by atoms with Gasteiger partial charge in [0.2, 0.25) is 0 Å². The van der Waals surface area contributed by atoms with Crippen LogP contribution in [0.1, 0.15) is 27.6 Å². The first kappa shape index (κ1) is 13.3. The minimum atomic E-state index is -0.561. The van der Waals surface area contributed by atoms with E-state index in [1.54, 1.807) is 24.3 Å². The Morgan fingerprint density at radius 3 is 2.71 bits per heavy atom. The van der Waals surface area contributed by atoms with Crippen LogP contribution in [-0.4, -0.2) is 23.3 Å². The molecule has 5 heteroatoms. The van der Waals surface area contributed by atoms with Crippen LogP contribution in [0, 0.1) is 0 Å². The van der Waals surface area contributed by atoms with E-state index in [2.05, 4.69) is 0 Å². The Kier molecular flexibility index (Phi) is 3.17. The van der Waals surface area contributed by atoms with Crippen LogP contribution in [0.3, 0.4) is 0 Å². The first-order valence-corrected chi connectivity index (χ1v) is 6.49. The van der Waals surface area contributed by atoms with Crippen molar-refractivity contribution in [3.05, 3.63) is 53.1 Å². The summed E-state index contributed by atoms with van der Waals surface area (Å²) in [6.07, 6.45) is -0.0510. The van der Waals surface area contributed by atoms with Crippen LogP contribution in [0.15, 0.2) is 36.4 Å². The van der Waals surface area contributed by atoms with E-state index in [0.717, 1.165) is 5.56 Å². The second-order valence-electron chi connectivity index (χ2n) is 4.84. The van der Waals surface area contributed by atoms with Gasteiger partial charge in [-0.15, -0.1) is 0 Å². The number of aromatic hydroxyl groups is 2. The molecule has 3 rings (SSSR count). The lowest BCUT2D eigenvalue weighted by Crippen LogP contribution is -2.21. The molecule has 1 aliphatic heterocycles. The van der Waals surface area contributed by atoms with Crippen molar-refractivity contribution in [2.45, 2.75) is 12.5 Å². The molecule has 0 bridgehead atoms. The molecule has 1 heterocycles. The van der Waals surface area contributed by atoms with Crippen molar-refractivity contribution < 1.29 is 24.5 Å². The maximum Gasteiger partial charge on any atom is 0.342 e. The van der Waals surface area contributed by atoms with Crippen molar-refractivity contribution in [3.63, 3.8) is 0 Å². The lowest BCUT2D eigenvalue weighted by Gasteiger charge is -2.25. The zero-order chi connectivity index (χ0) is 15.0. The minimum Gasteiger partial charge on any atom is -0.507 e. The number of fused-ring (bicyclic) bond motifs is 1. The van der Waals surface area contributed by atoms with Crippen molar-refractivity contribution in [2.75, 3.05) is 7.11 Å². The molecule has 0 spiro atoms. The highest BCUT2D eigenvalue weighted by molar-refractivity contribution is 5.95. The van der Waals surface area contributed by atoms with Gasteiger partial charge in [0.1, 0.15) is 17.4 Å². The highest BCUT2D eigenvalue weighted by atomic mass is 16.5. The van der Waals surface area contributed by atoms with Crippen molar-refractivity contribution in [2.24, 2.45) is 0 Å². The summed E-state index contributed by atoms with van der Waals surface area (Å²) in [6.45, 7) is 0. The number of rotatable bonds is 2. The summed E-state index contributed by atoms with van der Waals surface area (Å²) < 4.78 is 10.3. The number of esters is 1. The van der Waals surface area contributed by atoms with Gasteiger partial charge in [-0.2, -0.15) is 0 Å². The standard InChI is InChI=1S/C16H14O5/c1-20-13-6-5-9(7-12(13)18)14-8-10-3-2-4-11(17)15(10)16(19)21-14/h2-7,14,17-18H,8H2,1H3/t14-/m0/s1. The van der Waals surface area contributed by atoms with Gasteiger partial charge in [-0.25, -0.2) is 4.79 Å². The molecule has 21 heavy (non-hydrogen) atoms. The second-order valence-corrected chi connectivity index (χ2v) is 4.84. The van der Waals surface area contributed by atoms with E-state index in [9.17, 15) is 15.0 Å². The maximum atomic E-state index is 12.0. The van der Waals surface area contributed by atoms with Gasteiger partial charge in [-0.05, 0) is 29.3 Å². The fourth-order valence-corrected chi connectivity index (χ4v) is 2.52. The third-order valence-electron chi connectivity index (χ3n) is 3.56. The van der Waals surface area contributed by atoms with E-state index in [0.29, 0.717) is 17.7 Å². The summed E-state index contributed by atoms with van der Waals surface area (Å²) in [5.74, 6) is -0.283. The summed E-state index contributed by atoms with van der Waals surface area (Å²) in [7, 11) is 1.47. The predicted octanol–water partition coefficient (Wildman–Crippen LogP) is 2.56. The summed E-state index contributed by atoms with van der Waals surface area (Å²) >= 11 is 0. The van der Waals surface area contributed by atoms with E-state index >= 15 is 0 Å². The number of carbonyl (C=O) groups excluding carboxylic acids is 1. The average molecular weight is 286 g/mol. The molecule has 0 saturated carbocycles. The van der Waals surface area contributed by atoms with Crippen LogP contribution in [-0.2, 0) is 11.2 Å². The van der Waals surface area contributed by atoms with Crippen LogP contribution in [0.5, 0.6) is 17.2 Å². The Morgan fingerprint density at radius 2 is 2.00 bits per heavy atom. The van der Waals surface area contributed by atoms with Gasteiger partial charge >= 0.3 is 5.97 Å². The van der Waals surface area contributed by atoms with E-state index in [1.165, 1.54) is 19.2 Å². The number of phenols is 2. The lowest BCUT2D eigenvalue weighted by molar-refractivity contribution is 0.0248. The SMILES string of the molecule is COc1ccc([C@@H]2Cc3cccc(O)c3C(=O)O2)cc1O. The fourth-order valence-electron chi connectivity index (χ4n) is 2.52. The normalized spacial score (nSPS) is 17.0. The first-order valence-electron chi connectivity index (χ1n) is 6.49. The number of carbonyl (C=O) groups is 1. The molecule has 2 aromatic carbocycles. The van der Waals surface area contributed by atoms with Gasteiger partial charge in [0.05, 0.1) is 7.11 Å². The van der Waals surface area contributed by atoms with Gasteiger partial charge in [-0.1, -0.05) is 18.2 Å². The van der Waals surface area contributed by atoms with E-state index < -0.39 is 12.1 Å². The molecule has 0 amide bonds. The third-order valence-corrected chi connectivity index (χ3v) is 3.56. The van der Waals surface area contributed by atoms with Crippen LogP contribution in [0.25, 0.3) is 0 Å². The largest absolute Gasteiger partial charge is 0.507 e. The molecule has 108 valence electrons. The van der Waals surface area contributed by atoms with Gasteiger partial charge in [0.15, 0.2) is 11.5 Å². The van der Waals surface area contributed by atoms with Crippen molar-refractivity contribution in [1.29, 1.82) is 0 Å². The number of cyclic esters (lactones) is 1. The molecule has 1 atom stereocenters. The van der Waals surface area contributed by atoms with Gasteiger partial charge < -0.3 is 19.7 Å². The van der Waals surface area contributed by atoms with Gasteiger partial charge in [-0.3, -0.25) is 0 Å². The number of phenolic OH excluding ortho intramolecular Hbond substituents is 2. The molecular formula is C16H14O5. The molecule has 0 fully saturated rings. The minimum absolute atomic E-state index is 0.00671. The highest BCUT2D eigenvalue weighted by Gasteiger charge is 2.30. The lowest BCUT2D eigenvalue weighted by atomic mass is 9.94. The van der Waals surface area contributed by atoms with E-state index in [4.69, 9.17) is 9.47 Å². The van der Waals surface area contributed by atoms with Crippen molar-refractivity contribution in [3.8, 4) is 17.2 Å². The number of methoxy groups -OCH3 is 1. The Hall–Kier alpha value is -2.69. The second kappa shape index (κ2) is 5.01. The molecular weight excluding hydrogens is 272 g/mol. The molecule has 1 aliphatic rings. The monoisotopic (exact) mass is 286 g/mol. The Morgan fingerprint density at radius 1 is 1.19 bits per heavy atom. The van der Waals surface area contributed by atoms with Crippen LogP contribution < -0.4 is 4.74 Å². The van der Waals surface area contributed by atoms with Crippen molar-refractivity contribution in [1.82, 2.24) is 0 Å². The average Bonchev–Trinajstić information content (AvgIpc) is 2.46. The predicted molar refractivity (Wildman–Crippen MR) is 74.6 cm³/mol. The molecule has 0 radical (unpaired) electrons. The zero-order valence-corrected chi connectivity index (χ0v) is 11.4. The van der Waals surface area contributed by atoms with Gasteiger partial charge in [0.25, 0.3) is 0 Å². The zero-order valence-electron chi connectivity index (χ0n) is 11.4. The maximum absolute atomic E-state index is 12.0. The van der Waals surface area contributed by atoms with E-state index in [-0.39, 0.29) is 17.1 Å². The molecule has 5 nitrogen and oxygen atoms in total. The van der Waals surface area contributed by atoms with Gasteiger partial charge in [0, 0.05) is 6.42 Å². The van der Waals surface area contributed by atoms with Crippen molar-refractivity contribution >= 4 is 5.97 Å². The molecule has 0 aromatic heterocycles. The highest BCUT2D eigenvalue weighted by Crippen LogP contribution is 2.37. The molecule has 0 aliphatic carbocycles. The number of hydrogen-bond donors (Lipinski definition) is 2. The summed E-state index contributed by atoms with van der Waals surface area (Å²) in [4.78, 5) is 12.0. The summed E-state index contributed by atoms with van der Waals surface area (Å²) in [6, 6.07) is 9.81. The molecule has 0 unspecified atom stereocenters. The molecule has 0 saturated heterocycles.